The van der Waals surface area contributed by atoms with Crippen molar-refractivity contribution in [2.75, 3.05) is 0 Å². The maximum absolute atomic E-state index is 13.7. The van der Waals surface area contributed by atoms with Gasteiger partial charge in [0.2, 0.25) is 0 Å². The highest BCUT2D eigenvalue weighted by molar-refractivity contribution is 7.13. The molecule has 0 amide bonds. The Balaban J connectivity index is 1.86. The van der Waals surface area contributed by atoms with E-state index in [1.54, 1.807) is 35.7 Å². The lowest BCUT2D eigenvalue weighted by molar-refractivity contribution is 0.534. The molecule has 0 radical (unpaired) electrons. The van der Waals surface area contributed by atoms with Crippen molar-refractivity contribution < 1.29 is 4.39 Å². The molecule has 2 N–H and O–H groups in total. The number of benzene rings is 1. The van der Waals surface area contributed by atoms with Gasteiger partial charge in [0.25, 0.3) is 0 Å². The van der Waals surface area contributed by atoms with Gasteiger partial charge in [0, 0.05) is 24.5 Å². The predicted molar refractivity (Wildman–Crippen MR) is 78.9 cm³/mol. The van der Waals surface area contributed by atoms with E-state index >= 15 is 0 Å². The van der Waals surface area contributed by atoms with Crippen LogP contribution in [0.1, 0.15) is 11.6 Å². The van der Waals surface area contributed by atoms with Crippen molar-refractivity contribution in [3.63, 3.8) is 0 Å². The summed E-state index contributed by atoms with van der Waals surface area (Å²) in [5, 5.41) is 2.01. The Morgan fingerprint density at radius 2 is 2.10 bits per heavy atom. The number of thiophene rings is 1. The average molecular weight is 287 g/mol. The second-order valence-electron chi connectivity index (χ2n) is 4.51. The molecule has 0 aliphatic heterocycles. The van der Waals surface area contributed by atoms with Crippen LogP contribution in [0, 0.1) is 5.82 Å². The van der Waals surface area contributed by atoms with Crippen LogP contribution in [-0.2, 0) is 6.54 Å². The maximum atomic E-state index is 13.7. The van der Waals surface area contributed by atoms with Crippen LogP contribution in [0.4, 0.5) is 4.39 Å². The van der Waals surface area contributed by atoms with Gasteiger partial charge in [-0.3, -0.25) is 0 Å². The molecule has 1 unspecified atom stereocenters. The monoisotopic (exact) mass is 287 g/mol. The first-order valence-electron chi connectivity index (χ1n) is 6.30. The summed E-state index contributed by atoms with van der Waals surface area (Å²) in [4.78, 5) is 5.43. The topological polar surface area (TPSA) is 43.8 Å². The van der Waals surface area contributed by atoms with Gasteiger partial charge in [0.15, 0.2) is 0 Å². The Bertz CT molecular complexity index is 691. The first-order chi connectivity index (χ1) is 9.75. The minimum absolute atomic E-state index is 0.266. The Morgan fingerprint density at radius 1 is 1.25 bits per heavy atom. The van der Waals surface area contributed by atoms with Crippen molar-refractivity contribution in [3.05, 3.63) is 65.6 Å². The summed E-state index contributed by atoms with van der Waals surface area (Å²) < 4.78 is 15.7. The summed E-state index contributed by atoms with van der Waals surface area (Å²) >= 11 is 1.62. The average Bonchev–Trinajstić information content (AvgIpc) is 3.09. The summed E-state index contributed by atoms with van der Waals surface area (Å²) in [5.74, 6) is 0.601. The van der Waals surface area contributed by atoms with Crippen LogP contribution in [-0.4, -0.2) is 9.55 Å². The van der Waals surface area contributed by atoms with Gasteiger partial charge in [-0.05, 0) is 17.5 Å². The number of halogens is 1. The quantitative estimate of drug-likeness (QED) is 0.798. The molecule has 0 saturated heterocycles. The van der Waals surface area contributed by atoms with Crippen LogP contribution in [0.25, 0.3) is 10.7 Å². The lowest BCUT2D eigenvalue weighted by Crippen LogP contribution is -2.19. The molecule has 0 aliphatic carbocycles. The smallest absolute Gasteiger partial charge is 0.150 e. The van der Waals surface area contributed by atoms with E-state index in [1.165, 1.54) is 6.07 Å². The summed E-state index contributed by atoms with van der Waals surface area (Å²) in [6.45, 7) is 0.494. The molecule has 3 rings (SSSR count). The van der Waals surface area contributed by atoms with Crippen molar-refractivity contribution in [3.8, 4) is 10.7 Å². The molecule has 1 aromatic carbocycles. The molecule has 0 saturated carbocycles. The zero-order chi connectivity index (χ0) is 13.9. The SMILES string of the molecule is NC(Cn1ccnc1-c1cccs1)c1ccccc1F. The first kappa shape index (κ1) is 13.0. The number of nitrogens with two attached hydrogens (primary N) is 1. The molecule has 3 nitrogen and oxygen atoms in total. The molecule has 1 atom stereocenters. The van der Waals surface area contributed by atoms with Gasteiger partial charge in [-0.1, -0.05) is 24.3 Å². The second kappa shape index (κ2) is 5.56. The third-order valence-corrected chi connectivity index (χ3v) is 4.02. The fourth-order valence-corrected chi connectivity index (χ4v) is 2.91. The number of hydrogen-bond donors (Lipinski definition) is 1. The van der Waals surface area contributed by atoms with Gasteiger partial charge in [0.1, 0.15) is 11.6 Å². The Hall–Kier alpha value is -1.98. The standard InChI is InChI=1S/C15H14FN3S/c16-12-5-2-1-4-11(12)13(17)10-19-8-7-18-15(19)14-6-3-9-20-14/h1-9,13H,10,17H2. The fraction of sp³-hybridized carbons (Fsp3) is 0.133. The van der Waals surface area contributed by atoms with Gasteiger partial charge in [0.05, 0.1) is 10.9 Å². The van der Waals surface area contributed by atoms with Crippen molar-refractivity contribution in [2.24, 2.45) is 5.73 Å². The molecular weight excluding hydrogens is 273 g/mol. The van der Waals surface area contributed by atoms with Crippen LogP contribution in [0.15, 0.2) is 54.2 Å². The van der Waals surface area contributed by atoms with E-state index in [0.29, 0.717) is 12.1 Å². The minimum atomic E-state index is -0.399. The van der Waals surface area contributed by atoms with Crippen molar-refractivity contribution in [1.29, 1.82) is 0 Å². The summed E-state index contributed by atoms with van der Waals surface area (Å²) in [6, 6.07) is 10.2. The highest BCUT2D eigenvalue weighted by Gasteiger charge is 2.14. The van der Waals surface area contributed by atoms with E-state index in [9.17, 15) is 4.39 Å². The number of hydrogen-bond acceptors (Lipinski definition) is 3. The van der Waals surface area contributed by atoms with E-state index in [-0.39, 0.29) is 5.82 Å². The van der Waals surface area contributed by atoms with E-state index in [0.717, 1.165) is 10.7 Å². The highest BCUT2D eigenvalue weighted by Crippen LogP contribution is 2.25. The molecule has 2 aromatic heterocycles. The number of nitrogens with zero attached hydrogens (tertiary/aromatic N) is 2. The highest BCUT2D eigenvalue weighted by atomic mass is 32.1. The summed E-state index contributed by atoms with van der Waals surface area (Å²) in [5.41, 5.74) is 6.65. The van der Waals surface area contributed by atoms with Gasteiger partial charge in [-0.25, -0.2) is 9.37 Å². The van der Waals surface area contributed by atoms with Crippen LogP contribution in [0.5, 0.6) is 0 Å². The van der Waals surface area contributed by atoms with Gasteiger partial charge in [-0.2, -0.15) is 0 Å². The van der Waals surface area contributed by atoms with E-state index in [1.807, 2.05) is 28.3 Å². The molecular formula is C15H14FN3S. The van der Waals surface area contributed by atoms with Crippen LogP contribution in [0.2, 0.25) is 0 Å². The van der Waals surface area contributed by atoms with Crippen molar-refractivity contribution in [1.82, 2.24) is 9.55 Å². The van der Waals surface area contributed by atoms with Gasteiger partial charge in [-0.15, -0.1) is 11.3 Å². The van der Waals surface area contributed by atoms with Crippen molar-refractivity contribution in [2.45, 2.75) is 12.6 Å². The predicted octanol–water partition coefficient (Wildman–Crippen LogP) is 3.45. The van der Waals surface area contributed by atoms with E-state index < -0.39 is 6.04 Å². The molecule has 5 heteroatoms. The Labute approximate surface area is 120 Å². The largest absolute Gasteiger partial charge is 0.328 e. The molecule has 0 fully saturated rings. The zero-order valence-corrected chi connectivity index (χ0v) is 11.6. The molecule has 20 heavy (non-hydrogen) atoms. The lowest BCUT2D eigenvalue weighted by Gasteiger charge is -2.15. The number of rotatable bonds is 4. The molecule has 0 aliphatic rings. The van der Waals surface area contributed by atoms with Crippen molar-refractivity contribution >= 4 is 11.3 Å². The summed E-state index contributed by atoms with van der Waals surface area (Å²) in [7, 11) is 0. The molecule has 2 heterocycles. The zero-order valence-electron chi connectivity index (χ0n) is 10.7. The summed E-state index contributed by atoms with van der Waals surface area (Å²) in [6.07, 6.45) is 3.61. The lowest BCUT2D eigenvalue weighted by atomic mass is 10.1. The van der Waals surface area contributed by atoms with E-state index in [2.05, 4.69) is 4.98 Å². The molecule has 3 aromatic rings. The maximum Gasteiger partial charge on any atom is 0.150 e. The van der Waals surface area contributed by atoms with E-state index in [4.69, 9.17) is 5.73 Å². The second-order valence-corrected chi connectivity index (χ2v) is 5.46. The molecule has 102 valence electrons. The first-order valence-corrected chi connectivity index (χ1v) is 7.18. The Kier molecular flexibility index (Phi) is 3.62. The fourth-order valence-electron chi connectivity index (χ4n) is 2.17. The van der Waals surface area contributed by atoms with Gasteiger partial charge < -0.3 is 10.3 Å². The van der Waals surface area contributed by atoms with Crippen LogP contribution >= 0.6 is 11.3 Å². The van der Waals surface area contributed by atoms with Crippen LogP contribution in [0.3, 0.4) is 0 Å². The number of imidazole rings is 1. The third kappa shape index (κ3) is 2.50. The molecule has 0 spiro atoms. The third-order valence-electron chi connectivity index (χ3n) is 3.16. The molecule has 0 bridgehead atoms. The normalized spacial score (nSPS) is 12.5. The van der Waals surface area contributed by atoms with Gasteiger partial charge >= 0.3 is 0 Å². The minimum Gasteiger partial charge on any atom is -0.328 e. The van der Waals surface area contributed by atoms with Crippen LogP contribution < -0.4 is 5.73 Å². The Morgan fingerprint density at radius 3 is 2.85 bits per heavy atom. The number of aromatic nitrogens is 2.